The van der Waals surface area contributed by atoms with Crippen LogP contribution in [0.4, 0.5) is 0 Å². The summed E-state index contributed by atoms with van der Waals surface area (Å²) in [5, 5.41) is 0. The van der Waals surface area contributed by atoms with Crippen molar-refractivity contribution < 1.29 is 4.84 Å². The summed E-state index contributed by atoms with van der Waals surface area (Å²) in [4.78, 5) is 7.64. The summed E-state index contributed by atoms with van der Waals surface area (Å²) in [5.74, 6) is 5.17. The van der Waals surface area contributed by atoms with E-state index in [1.807, 2.05) is 18.3 Å². The minimum Gasteiger partial charge on any atom is -0.296 e. The van der Waals surface area contributed by atoms with Crippen LogP contribution in [0.15, 0.2) is 6.07 Å². The fourth-order valence-corrected chi connectivity index (χ4v) is 3.03. The Morgan fingerprint density at radius 2 is 2.23 bits per heavy atom. The molecule has 3 heteroatoms. The third kappa shape index (κ3) is 1.77. The van der Waals surface area contributed by atoms with E-state index in [-0.39, 0.29) is 6.10 Å². The van der Waals surface area contributed by atoms with E-state index in [2.05, 4.69) is 6.07 Å². The highest BCUT2D eigenvalue weighted by Crippen LogP contribution is 2.33. The number of hydrogen-bond acceptors (Lipinski definition) is 3. The second-order valence-corrected chi connectivity index (χ2v) is 4.75. The molecule has 0 aromatic carbocycles. The van der Waals surface area contributed by atoms with Gasteiger partial charge in [0.05, 0.1) is 0 Å². The molecule has 0 fully saturated rings. The van der Waals surface area contributed by atoms with Crippen molar-refractivity contribution >= 4 is 11.3 Å². The second-order valence-electron chi connectivity index (χ2n) is 3.58. The number of rotatable bonds is 2. The zero-order chi connectivity index (χ0) is 9.26. The average Bonchev–Trinajstić information content (AvgIpc) is 2.59. The standard InChI is InChI=1S/C10H15NOS/c1-7(12-11)10-6-8-4-2-3-5-9(8)13-10/h6-7H,2-5,11H2,1H3. The van der Waals surface area contributed by atoms with Gasteiger partial charge in [0.2, 0.25) is 0 Å². The molecule has 0 amide bonds. The van der Waals surface area contributed by atoms with Gasteiger partial charge in [0.25, 0.3) is 0 Å². The van der Waals surface area contributed by atoms with Crippen LogP contribution in [-0.4, -0.2) is 0 Å². The van der Waals surface area contributed by atoms with Crippen LogP contribution in [-0.2, 0) is 17.7 Å². The average molecular weight is 197 g/mol. The third-order valence-electron chi connectivity index (χ3n) is 2.62. The summed E-state index contributed by atoms with van der Waals surface area (Å²) in [6.07, 6.45) is 5.21. The highest BCUT2D eigenvalue weighted by molar-refractivity contribution is 7.12. The van der Waals surface area contributed by atoms with Gasteiger partial charge in [-0.1, -0.05) is 0 Å². The van der Waals surface area contributed by atoms with Crippen LogP contribution in [0.25, 0.3) is 0 Å². The molecule has 0 saturated carbocycles. The Morgan fingerprint density at radius 3 is 2.92 bits per heavy atom. The van der Waals surface area contributed by atoms with E-state index >= 15 is 0 Å². The van der Waals surface area contributed by atoms with Gasteiger partial charge in [-0.2, -0.15) is 0 Å². The molecule has 2 nitrogen and oxygen atoms in total. The number of fused-ring (bicyclic) bond motifs is 1. The van der Waals surface area contributed by atoms with E-state index in [9.17, 15) is 0 Å². The normalized spacial score (nSPS) is 18.3. The SMILES string of the molecule is CC(ON)c1cc2c(s1)CCCC2. The zero-order valence-corrected chi connectivity index (χ0v) is 8.69. The fourth-order valence-electron chi connectivity index (χ4n) is 1.78. The Kier molecular flexibility index (Phi) is 2.67. The molecule has 1 heterocycles. The van der Waals surface area contributed by atoms with Gasteiger partial charge in [-0.05, 0) is 44.2 Å². The Labute approximate surface area is 82.7 Å². The lowest BCUT2D eigenvalue weighted by molar-refractivity contribution is 0.0688. The molecule has 1 aromatic heterocycles. The molecule has 1 aromatic rings. The maximum Gasteiger partial charge on any atom is 0.110 e. The van der Waals surface area contributed by atoms with E-state index in [0.29, 0.717) is 0 Å². The van der Waals surface area contributed by atoms with Crippen molar-refractivity contribution in [3.05, 3.63) is 21.4 Å². The molecule has 13 heavy (non-hydrogen) atoms. The van der Waals surface area contributed by atoms with Crippen molar-refractivity contribution in [1.29, 1.82) is 0 Å². The highest BCUT2D eigenvalue weighted by Gasteiger charge is 2.16. The molecule has 72 valence electrons. The Hall–Kier alpha value is -0.380. The van der Waals surface area contributed by atoms with E-state index in [1.54, 1.807) is 4.88 Å². The number of hydrogen-bond donors (Lipinski definition) is 1. The molecule has 0 saturated heterocycles. The number of thiophene rings is 1. The Balaban J connectivity index is 2.25. The number of nitrogens with two attached hydrogens (primary N) is 1. The lowest BCUT2D eigenvalue weighted by Gasteiger charge is -2.08. The van der Waals surface area contributed by atoms with Crippen molar-refractivity contribution in [2.45, 2.75) is 38.7 Å². The van der Waals surface area contributed by atoms with E-state index in [4.69, 9.17) is 10.7 Å². The molecule has 0 aliphatic heterocycles. The van der Waals surface area contributed by atoms with Crippen LogP contribution in [0.1, 0.15) is 41.2 Å². The van der Waals surface area contributed by atoms with Crippen LogP contribution >= 0.6 is 11.3 Å². The minimum atomic E-state index is 0.0515. The van der Waals surface area contributed by atoms with E-state index in [0.717, 1.165) is 0 Å². The van der Waals surface area contributed by atoms with Gasteiger partial charge in [0.1, 0.15) is 6.10 Å². The smallest absolute Gasteiger partial charge is 0.110 e. The van der Waals surface area contributed by atoms with Crippen molar-refractivity contribution in [2.75, 3.05) is 0 Å². The van der Waals surface area contributed by atoms with Crippen LogP contribution in [0.3, 0.4) is 0 Å². The van der Waals surface area contributed by atoms with Gasteiger partial charge < -0.3 is 0 Å². The van der Waals surface area contributed by atoms with E-state index in [1.165, 1.54) is 36.1 Å². The molecular weight excluding hydrogens is 182 g/mol. The summed E-state index contributed by atoms with van der Waals surface area (Å²) in [6, 6.07) is 2.26. The maximum absolute atomic E-state index is 5.17. The number of aryl methyl sites for hydroxylation is 2. The molecule has 1 aliphatic rings. The lowest BCUT2D eigenvalue weighted by atomic mass is 9.99. The summed E-state index contributed by atoms with van der Waals surface area (Å²) < 4.78 is 0. The monoisotopic (exact) mass is 197 g/mol. The molecule has 0 spiro atoms. The molecule has 0 radical (unpaired) electrons. The first-order valence-corrected chi connectivity index (χ1v) is 5.60. The molecule has 2 N–H and O–H groups in total. The van der Waals surface area contributed by atoms with Gasteiger partial charge in [0.15, 0.2) is 0 Å². The van der Waals surface area contributed by atoms with Crippen LogP contribution in [0.2, 0.25) is 0 Å². The summed E-state index contributed by atoms with van der Waals surface area (Å²) >= 11 is 1.86. The maximum atomic E-state index is 5.17. The zero-order valence-electron chi connectivity index (χ0n) is 7.88. The molecule has 1 atom stereocenters. The third-order valence-corrected chi connectivity index (χ3v) is 4.02. The largest absolute Gasteiger partial charge is 0.296 e. The highest BCUT2D eigenvalue weighted by atomic mass is 32.1. The summed E-state index contributed by atoms with van der Waals surface area (Å²) in [7, 11) is 0. The van der Waals surface area contributed by atoms with Gasteiger partial charge in [-0.15, -0.1) is 11.3 Å². The molecule has 1 aliphatic carbocycles. The van der Waals surface area contributed by atoms with Crippen molar-refractivity contribution in [3.63, 3.8) is 0 Å². The first-order chi connectivity index (χ1) is 6.31. The molecule has 2 rings (SSSR count). The summed E-state index contributed by atoms with van der Waals surface area (Å²) in [6.45, 7) is 2.00. The van der Waals surface area contributed by atoms with Crippen LogP contribution in [0, 0.1) is 0 Å². The van der Waals surface area contributed by atoms with Crippen LogP contribution in [0.5, 0.6) is 0 Å². The van der Waals surface area contributed by atoms with E-state index < -0.39 is 0 Å². The summed E-state index contributed by atoms with van der Waals surface area (Å²) in [5.41, 5.74) is 1.52. The second kappa shape index (κ2) is 3.78. The van der Waals surface area contributed by atoms with Gasteiger partial charge >= 0.3 is 0 Å². The minimum absolute atomic E-state index is 0.0515. The van der Waals surface area contributed by atoms with Crippen molar-refractivity contribution in [1.82, 2.24) is 0 Å². The first kappa shape index (κ1) is 9.19. The molecule has 1 unspecified atom stereocenters. The predicted octanol–water partition coefficient (Wildman–Crippen LogP) is 2.58. The Morgan fingerprint density at radius 1 is 1.46 bits per heavy atom. The molecular formula is C10H15NOS. The molecule has 0 bridgehead atoms. The van der Waals surface area contributed by atoms with Crippen molar-refractivity contribution in [3.8, 4) is 0 Å². The quantitative estimate of drug-likeness (QED) is 0.740. The fraction of sp³-hybridized carbons (Fsp3) is 0.600. The first-order valence-electron chi connectivity index (χ1n) is 4.78. The van der Waals surface area contributed by atoms with Gasteiger partial charge in [0, 0.05) is 9.75 Å². The van der Waals surface area contributed by atoms with Crippen molar-refractivity contribution in [2.24, 2.45) is 5.90 Å². The van der Waals surface area contributed by atoms with Gasteiger partial charge in [-0.25, -0.2) is 5.90 Å². The Bertz CT molecular complexity index is 272. The predicted molar refractivity (Wildman–Crippen MR) is 54.6 cm³/mol. The van der Waals surface area contributed by atoms with Crippen LogP contribution < -0.4 is 5.90 Å². The lowest BCUT2D eigenvalue weighted by Crippen LogP contribution is -2.03. The topological polar surface area (TPSA) is 35.2 Å². The van der Waals surface area contributed by atoms with Gasteiger partial charge in [-0.3, -0.25) is 4.84 Å².